The summed E-state index contributed by atoms with van der Waals surface area (Å²) in [6, 6.07) is 3.44. The van der Waals surface area contributed by atoms with Crippen LogP contribution in [0.5, 0.6) is 0 Å². The molecule has 0 radical (unpaired) electrons. The summed E-state index contributed by atoms with van der Waals surface area (Å²) < 4.78 is 0.678. The van der Waals surface area contributed by atoms with Crippen LogP contribution in [0.1, 0.15) is 24.1 Å². The molecule has 2 heterocycles. The second kappa shape index (κ2) is 6.21. The molecule has 0 spiro atoms. The number of amides is 1. The number of rotatable bonds is 4. The SMILES string of the molecule is O=C(O)CC1CCCN1C(=O)C=Cc1ccc(Cl)s1. The molecule has 1 saturated heterocycles. The minimum absolute atomic E-state index is 0.0183. The van der Waals surface area contributed by atoms with E-state index in [0.717, 1.165) is 17.7 Å². The molecule has 1 amide bonds. The van der Waals surface area contributed by atoms with Gasteiger partial charge in [0.05, 0.1) is 10.8 Å². The predicted molar refractivity (Wildman–Crippen MR) is 75.4 cm³/mol. The molecule has 1 N–H and O–H groups in total. The van der Waals surface area contributed by atoms with E-state index in [1.807, 2.05) is 6.07 Å². The second-order valence-electron chi connectivity index (χ2n) is 4.40. The Balaban J connectivity index is 1.98. The van der Waals surface area contributed by atoms with Crippen molar-refractivity contribution in [1.29, 1.82) is 0 Å². The number of carboxylic acid groups (broad SMARTS) is 1. The van der Waals surface area contributed by atoms with Crippen molar-refractivity contribution < 1.29 is 14.7 Å². The lowest BCUT2D eigenvalue weighted by molar-refractivity contribution is -0.139. The van der Waals surface area contributed by atoms with Crippen LogP contribution in [-0.4, -0.2) is 34.5 Å². The Bertz CT molecular complexity index is 512. The second-order valence-corrected chi connectivity index (χ2v) is 6.15. The Labute approximate surface area is 120 Å². The molecule has 19 heavy (non-hydrogen) atoms. The minimum atomic E-state index is -0.862. The maximum absolute atomic E-state index is 12.0. The van der Waals surface area contributed by atoms with E-state index in [1.165, 1.54) is 17.4 Å². The fraction of sp³-hybridized carbons (Fsp3) is 0.385. The molecule has 1 aromatic heterocycles. The van der Waals surface area contributed by atoms with Crippen molar-refractivity contribution in [3.05, 3.63) is 27.4 Å². The number of carbonyl (C=O) groups excluding carboxylic acids is 1. The molecule has 102 valence electrons. The largest absolute Gasteiger partial charge is 0.481 e. The van der Waals surface area contributed by atoms with E-state index in [4.69, 9.17) is 16.7 Å². The standard InChI is InChI=1S/C13H14ClNO3S/c14-11-5-3-10(19-11)4-6-12(16)15-7-1-2-9(15)8-13(17)18/h3-6,9H,1-2,7-8H2,(H,17,18). The molecule has 1 unspecified atom stereocenters. The van der Waals surface area contributed by atoms with E-state index in [-0.39, 0.29) is 18.4 Å². The first-order chi connectivity index (χ1) is 9.06. The van der Waals surface area contributed by atoms with Crippen molar-refractivity contribution in [2.75, 3.05) is 6.54 Å². The van der Waals surface area contributed by atoms with Gasteiger partial charge >= 0.3 is 5.97 Å². The number of likely N-dealkylation sites (tertiary alicyclic amines) is 1. The van der Waals surface area contributed by atoms with Crippen LogP contribution in [0.4, 0.5) is 0 Å². The summed E-state index contributed by atoms with van der Waals surface area (Å²) in [5.41, 5.74) is 0. The molecule has 1 fully saturated rings. The van der Waals surface area contributed by atoms with E-state index in [2.05, 4.69) is 0 Å². The monoisotopic (exact) mass is 299 g/mol. The van der Waals surface area contributed by atoms with Gasteiger partial charge in [-0.15, -0.1) is 11.3 Å². The van der Waals surface area contributed by atoms with Gasteiger partial charge in [0.15, 0.2) is 0 Å². The average Bonchev–Trinajstić information content (AvgIpc) is 2.94. The Morgan fingerprint density at radius 1 is 1.53 bits per heavy atom. The highest BCUT2D eigenvalue weighted by Gasteiger charge is 2.28. The van der Waals surface area contributed by atoms with Crippen LogP contribution in [0.15, 0.2) is 18.2 Å². The summed E-state index contributed by atoms with van der Waals surface area (Å²) in [4.78, 5) is 25.3. The third-order valence-electron chi connectivity index (χ3n) is 3.05. The number of hydrogen-bond acceptors (Lipinski definition) is 3. The van der Waals surface area contributed by atoms with Crippen LogP contribution >= 0.6 is 22.9 Å². The molecular formula is C13H14ClNO3S. The summed E-state index contributed by atoms with van der Waals surface area (Å²) in [5.74, 6) is -0.994. The van der Waals surface area contributed by atoms with Crippen LogP contribution < -0.4 is 0 Å². The maximum atomic E-state index is 12.0. The summed E-state index contributed by atoms with van der Waals surface area (Å²) in [6.45, 7) is 0.631. The number of carbonyl (C=O) groups is 2. The summed E-state index contributed by atoms with van der Waals surface area (Å²) >= 11 is 7.20. The zero-order valence-electron chi connectivity index (χ0n) is 10.2. The molecule has 4 nitrogen and oxygen atoms in total. The first kappa shape index (κ1) is 14.1. The highest BCUT2D eigenvalue weighted by atomic mass is 35.5. The lowest BCUT2D eigenvalue weighted by Gasteiger charge is -2.21. The highest BCUT2D eigenvalue weighted by Crippen LogP contribution is 2.24. The van der Waals surface area contributed by atoms with Gasteiger partial charge in [0.25, 0.3) is 0 Å². The van der Waals surface area contributed by atoms with E-state index in [9.17, 15) is 9.59 Å². The topological polar surface area (TPSA) is 57.6 Å². The van der Waals surface area contributed by atoms with Crippen LogP contribution in [0.2, 0.25) is 4.34 Å². The van der Waals surface area contributed by atoms with Crippen LogP contribution in [0.25, 0.3) is 6.08 Å². The highest BCUT2D eigenvalue weighted by molar-refractivity contribution is 7.17. The molecule has 0 bridgehead atoms. The van der Waals surface area contributed by atoms with Gasteiger partial charge in [0, 0.05) is 23.5 Å². The molecule has 0 aromatic carbocycles. The Kier molecular flexibility index (Phi) is 4.61. The van der Waals surface area contributed by atoms with Crippen molar-refractivity contribution in [3.8, 4) is 0 Å². The van der Waals surface area contributed by atoms with Gasteiger partial charge in [0.2, 0.25) is 5.91 Å². The maximum Gasteiger partial charge on any atom is 0.305 e. The number of thiophene rings is 1. The number of aliphatic carboxylic acids is 1. The van der Waals surface area contributed by atoms with Crippen molar-refractivity contribution >= 4 is 40.9 Å². The van der Waals surface area contributed by atoms with Gasteiger partial charge in [-0.25, -0.2) is 0 Å². The minimum Gasteiger partial charge on any atom is -0.481 e. The zero-order chi connectivity index (χ0) is 13.8. The predicted octanol–water partition coefficient (Wildman–Crippen LogP) is 2.88. The zero-order valence-corrected chi connectivity index (χ0v) is 11.8. The van der Waals surface area contributed by atoms with Gasteiger partial charge in [-0.3, -0.25) is 9.59 Å². The number of carboxylic acids is 1. The Morgan fingerprint density at radius 2 is 2.32 bits per heavy atom. The van der Waals surface area contributed by atoms with Gasteiger partial charge in [-0.1, -0.05) is 11.6 Å². The number of hydrogen-bond donors (Lipinski definition) is 1. The van der Waals surface area contributed by atoms with E-state index < -0.39 is 5.97 Å². The first-order valence-corrected chi connectivity index (χ1v) is 7.21. The summed E-state index contributed by atoms with van der Waals surface area (Å²) in [7, 11) is 0. The molecular weight excluding hydrogens is 286 g/mol. The van der Waals surface area contributed by atoms with Crippen LogP contribution in [0.3, 0.4) is 0 Å². The van der Waals surface area contributed by atoms with Gasteiger partial charge in [0.1, 0.15) is 0 Å². The van der Waals surface area contributed by atoms with Crippen LogP contribution in [-0.2, 0) is 9.59 Å². The molecule has 0 aliphatic carbocycles. The Hall–Kier alpha value is -1.33. The summed E-state index contributed by atoms with van der Waals surface area (Å²) in [5, 5.41) is 8.82. The van der Waals surface area contributed by atoms with E-state index in [1.54, 1.807) is 17.0 Å². The smallest absolute Gasteiger partial charge is 0.305 e. The van der Waals surface area contributed by atoms with E-state index in [0.29, 0.717) is 10.9 Å². The normalized spacial score (nSPS) is 19.2. The molecule has 1 atom stereocenters. The quantitative estimate of drug-likeness (QED) is 0.870. The lowest BCUT2D eigenvalue weighted by atomic mass is 10.1. The van der Waals surface area contributed by atoms with Crippen molar-refractivity contribution in [3.63, 3.8) is 0 Å². The molecule has 1 aliphatic heterocycles. The molecule has 6 heteroatoms. The van der Waals surface area contributed by atoms with Crippen molar-refractivity contribution in [2.24, 2.45) is 0 Å². The molecule has 1 aromatic rings. The number of nitrogens with zero attached hydrogens (tertiary/aromatic N) is 1. The lowest BCUT2D eigenvalue weighted by Crippen LogP contribution is -2.35. The molecule has 0 saturated carbocycles. The summed E-state index contributed by atoms with van der Waals surface area (Å²) in [6.07, 6.45) is 4.85. The van der Waals surface area contributed by atoms with Crippen molar-refractivity contribution in [2.45, 2.75) is 25.3 Å². The third kappa shape index (κ3) is 3.81. The van der Waals surface area contributed by atoms with Crippen molar-refractivity contribution in [1.82, 2.24) is 4.90 Å². The van der Waals surface area contributed by atoms with E-state index >= 15 is 0 Å². The molecule has 2 rings (SSSR count). The fourth-order valence-electron chi connectivity index (χ4n) is 2.21. The fourth-order valence-corrected chi connectivity index (χ4v) is 3.17. The third-order valence-corrected chi connectivity index (χ3v) is 4.25. The number of halogens is 1. The average molecular weight is 300 g/mol. The first-order valence-electron chi connectivity index (χ1n) is 6.02. The van der Waals surface area contributed by atoms with Gasteiger partial charge in [-0.05, 0) is 31.1 Å². The Morgan fingerprint density at radius 3 is 2.95 bits per heavy atom. The van der Waals surface area contributed by atoms with Gasteiger partial charge < -0.3 is 10.0 Å². The van der Waals surface area contributed by atoms with Crippen LogP contribution in [0, 0.1) is 0 Å². The van der Waals surface area contributed by atoms with Gasteiger partial charge in [-0.2, -0.15) is 0 Å². The molecule has 1 aliphatic rings.